The lowest BCUT2D eigenvalue weighted by atomic mass is 9.88. The van der Waals surface area contributed by atoms with Gasteiger partial charge < -0.3 is 14.5 Å². The summed E-state index contributed by atoms with van der Waals surface area (Å²) in [4.78, 5) is 15.8. The van der Waals surface area contributed by atoms with Gasteiger partial charge in [0.2, 0.25) is 9.84 Å². The van der Waals surface area contributed by atoms with Gasteiger partial charge in [-0.25, -0.2) is 13.2 Å². The first-order valence-electron chi connectivity index (χ1n) is 14.3. The van der Waals surface area contributed by atoms with Crippen molar-refractivity contribution in [3.8, 4) is 0 Å². The lowest BCUT2D eigenvalue weighted by Gasteiger charge is -2.42. The molecule has 0 spiro atoms. The number of carbonyl (C=O) groups is 1. The maximum Gasteiger partial charge on any atom is 0.410 e. The summed E-state index contributed by atoms with van der Waals surface area (Å²) in [6.07, 6.45) is 1.56. The average molecular weight is 537 g/mol. The molecule has 2 aromatic rings. The van der Waals surface area contributed by atoms with Crippen molar-refractivity contribution in [1.29, 1.82) is 0 Å². The predicted molar refractivity (Wildman–Crippen MR) is 142 cm³/mol. The van der Waals surface area contributed by atoms with E-state index in [1.165, 1.54) is 12.1 Å². The zero-order valence-corrected chi connectivity index (χ0v) is 22.6. The minimum Gasteiger partial charge on any atom is -0.444 e. The second-order valence-corrected chi connectivity index (χ2v) is 12.9. The molecule has 2 aliphatic heterocycles. The first-order valence-corrected chi connectivity index (χ1v) is 14.2. The van der Waals surface area contributed by atoms with Crippen LogP contribution in [0.1, 0.15) is 57.5 Å². The molecule has 2 aromatic carbocycles. The molecule has 1 amide bonds. The van der Waals surface area contributed by atoms with Crippen molar-refractivity contribution in [2.45, 2.75) is 74.3 Å². The van der Waals surface area contributed by atoms with Gasteiger partial charge in [-0.05, 0) is 108 Å². The van der Waals surface area contributed by atoms with Gasteiger partial charge in [0.05, 0.1) is 9.79 Å². The summed E-state index contributed by atoms with van der Waals surface area (Å²) in [5.41, 5.74) is 0.189. The molecule has 196 valence electrons. The van der Waals surface area contributed by atoms with Crippen LogP contribution in [0.15, 0.2) is 58.3 Å². The van der Waals surface area contributed by atoms with E-state index in [1.54, 1.807) is 45.0 Å². The first kappa shape index (κ1) is 21.9. The van der Waals surface area contributed by atoms with E-state index in [9.17, 15) is 13.2 Å². The van der Waals surface area contributed by atoms with Crippen LogP contribution in [0.2, 0.25) is 5.02 Å². The van der Waals surface area contributed by atoms with Crippen LogP contribution in [-0.2, 0) is 21.0 Å². The molecule has 0 unspecified atom stereocenters. The molecule has 0 bridgehead atoms. The van der Waals surface area contributed by atoms with Gasteiger partial charge in [-0.15, -0.1) is 0 Å². The van der Waals surface area contributed by atoms with Crippen molar-refractivity contribution in [3.05, 3.63) is 59.1 Å². The predicted octanol–water partition coefficient (Wildman–Crippen LogP) is 5.83. The van der Waals surface area contributed by atoms with E-state index in [1.807, 2.05) is 12.1 Å². The number of hydrogen-bond donors (Lipinski definition) is 0. The van der Waals surface area contributed by atoms with E-state index in [0.717, 1.165) is 24.8 Å². The van der Waals surface area contributed by atoms with Gasteiger partial charge in [0.1, 0.15) is 5.60 Å². The van der Waals surface area contributed by atoms with E-state index in [2.05, 4.69) is 4.90 Å². The number of rotatable bonds is 5. The number of nitrogens with zero attached hydrogens (tertiary/aromatic N) is 2. The highest BCUT2D eigenvalue weighted by Crippen LogP contribution is 2.28. The summed E-state index contributed by atoms with van der Waals surface area (Å²) >= 11 is 5.97. The first-order chi connectivity index (χ1) is 18.5. The monoisotopic (exact) mass is 536 g/mol. The third-order valence-corrected chi connectivity index (χ3v) is 8.58. The second kappa shape index (κ2) is 11.1. The van der Waals surface area contributed by atoms with E-state index in [0.29, 0.717) is 28.9 Å². The molecule has 36 heavy (non-hydrogen) atoms. The zero-order chi connectivity index (χ0) is 29.5. The lowest BCUT2D eigenvalue weighted by molar-refractivity contribution is 0.0119. The number of ether oxygens (including phenoxy) is 1. The number of piperidine rings is 2. The minimum absolute atomic E-state index is 0.0129. The van der Waals surface area contributed by atoms with Crippen LogP contribution in [0.4, 0.5) is 4.79 Å². The number of amides is 1. The Kier molecular flexibility index (Phi) is 6.77. The Labute approximate surface area is 226 Å². The molecule has 6 nitrogen and oxygen atoms in total. The molecule has 0 atom stereocenters. The van der Waals surface area contributed by atoms with Gasteiger partial charge >= 0.3 is 6.09 Å². The zero-order valence-electron chi connectivity index (χ0n) is 25.0. The van der Waals surface area contributed by atoms with Crippen LogP contribution < -0.4 is 0 Å². The summed E-state index contributed by atoms with van der Waals surface area (Å²) in [6, 6.07) is 12.8. The Morgan fingerprint density at radius 2 is 1.67 bits per heavy atom. The summed E-state index contributed by atoms with van der Waals surface area (Å²) < 4.78 is 65.3. The molecule has 0 radical (unpaired) electrons. The topological polar surface area (TPSA) is 66.9 Å². The SMILES string of the molecule is [2H]C1([2H])CC(N2CCC(Cc3ccc(S(=O)(=O)c4cccc(Cl)c4)cc3)CC2)CC([2H])([2H])N1C(=O)OC(C)(C)C. The van der Waals surface area contributed by atoms with Crippen LogP contribution in [0.5, 0.6) is 0 Å². The van der Waals surface area contributed by atoms with E-state index in [4.69, 9.17) is 21.8 Å². The van der Waals surface area contributed by atoms with Gasteiger partial charge in [-0.2, -0.15) is 0 Å². The van der Waals surface area contributed by atoms with Gasteiger partial charge in [0, 0.05) is 29.5 Å². The Morgan fingerprint density at radius 1 is 1.03 bits per heavy atom. The summed E-state index contributed by atoms with van der Waals surface area (Å²) in [6.45, 7) is 2.06. The van der Waals surface area contributed by atoms with E-state index in [-0.39, 0.29) is 28.7 Å². The molecule has 2 aliphatic rings. The smallest absolute Gasteiger partial charge is 0.410 e. The molecule has 2 heterocycles. The normalized spacial score (nSPS) is 23.3. The Morgan fingerprint density at radius 3 is 2.25 bits per heavy atom. The van der Waals surface area contributed by atoms with E-state index >= 15 is 0 Å². The molecule has 0 aliphatic carbocycles. The van der Waals surface area contributed by atoms with Crippen LogP contribution in [0.3, 0.4) is 0 Å². The third-order valence-electron chi connectivity index (χ3n) is 6.58. The van der Waals surface area contributed by atoms with Crippen molar-refractivity contribution in [1.82, 2.24) is 9.80 Å². The molecule has 0 saturated carbocycles. The van der Waals surface area contributed by atoms with Gasteiger partial charge in [-0.1, -0.05) is 29.8 Å². The fraction of sp³-hybridized carbons (Fsp3) is 0.536. The van der Waals surface area contributed by atoms with Crippen molar-refractivity contribution in [2.24, 2.45) is 5.92 Å². The molecule has 0 aromatic heterocycles. The molecular formula is C28H37ClN2O4S. The number of sulfone groups is 1. The summed E-state index contributed by atoms with van der Waals surface area (Å²) in [7, 11) is -3.65. The highest BCUT2D eigenvalue weighted by Gasteiger charge is 2.31. The maximum atomic E-state index is 12.9. The largest absolute Gasteiger partial charge is 0.444 e. The molecule has 2 fully saturated rings. The van der Waals surface area contributed by atoms with Crippen molar-refractivity contribution in [2.75, 3.05) is 26.1 Å². The fourth-order valence-corrected chi connectivity index (χ4v) is 6.21. The standard InChI is InChI=1S/C28H37ClN2O4S/c1-28(2,3)35-27(32)31-17-13-24(14-18-31)30-15-11-22(12-16-30)19-21-7-9-25(10-8-21)36(33,34)26-6-4-5-23(29)20-26/h4-10,20,22,24H,11-19H2,1-3H3/i17D2,18D2. The van der Waals surface area contributed by atoms with Crippen LogP contribution in [-0.4, -0.2) is 62.0 Å². The Balaban J connectivity index is 1.35. The lowest BCUT2D eigenvalue weighted by Crippen LogP contribution is -2.49. The molecule has 0 N–H and O–H groups in total. The molecule has 8 heteroatoms. The Bertz CT molecular complexity index is 1310. The minimum atomic E-state index is -3.65. The number of carbonyl (C=O) groups excluding carboxylic acids is 1. The third kappa shape index (κ3) is 6.81. The van der Waals surface area contributed by atoms with Gasteiger partial charge in [0.15, 0.2) is 0 Å². The highest BCUT2D eigenvalue weighted by molar-refractivity contribution is 7.91. The fourth-order valence-electron chi connectivity index (χ4n) is 4.65. The number of hydrogen-bond acceptors (Lipinski definition) is 5. The molecular weight excluding hydrogens is 496 g/mol. The number of halogens is 1. The molecule has 4 rings (SSSR count). The quantitative estimate of drug-likeness (QED) is 0.481. The van der Waals surface area contributed by atoms with Crippen LogP contribution in [0.25, 0.3) is 0 Å². The maximum absolute atomic E-state index is 12.9. The van der Waals surface area contributed by atoms with Gasteiger partial charge in [0.25, 0.3) is 0 Å². The average Bonchev–Trinajstić information content (AvgIpc) is 2.82. The van der Waals surface area contributed by atoms with Crippen molar-refractivity contribution >= 4 is 27.5 Å². The molecule has 2 saturated heterocycles. The summed E-state index contributed by atoms with van der Waals surface area (Å²) in [5, 5.41) is 0.366. The second-order valence-electron chi connectivity index (χ2n) is 10.5. The van der Waals surface area contributed by atoms with Gasteiger partial charge in [-0.3, -0.25) is 0 Å². The van der Waals surface area contributed by atoms with Crippen LogP contribution in [0, 0.1) is 5.92 Å². The highest BCUT2D eigenvalue weighted by atomic mass is 35.5. The van der Waals surface area contributed by atoms with Crippen molar-refractivity contribution < 1.29 is 23.4 Å². The van der Waals surface area contributed by atoms with E-state index < -0.39 is 34.5 Å². The number of likely N-dealkylation sites (tertiary alicyclic amines) is 2. The Hall–Kier alpha value is -2.09. The summed E-state index contributed by atoms with van der Waals surface area (Å²) in [5.74, 6) is 0.377. The van der Waals surface area contributed by atoms with Crippen LogP contribution >= 0.6 is 11.6 Å². The van der Waals surface area contributed by atoms with Crippen molar-refractivity contribution in [3.63, 3.8) is 0 Å². The number of benzene rings is 2.